The van der Waals surface area contributed by atoms with E-state index in [0.717, 1.165) is 24.5 Å². The number of rotatable bonds is 6. The minimum Gasteiger partial charge on any atom is -0.464 e. The van der Waals surface area contributed by atoms with E-state index in [0.29, 0.717) is 17.8 Å². The van der Waals surface area contributed by atoms with E-state index in [4.69, 9.17) is 4.74 Å². The van der Waals surface area contributed by atoms with Crippen LogP contribution in [0.2, 0.25) is 0 Å². The fourth-order valence-corrected chi connectivity index (χ4v) is 1.88. The zero-order chi connectivity index (χ0) is 13.7. The highest BCUT2D eigenvalue weighted by Crippen LogP contribution is 2.17. The lowest BCUT2D eigenvalue weighted by Crippen LogP contribution is -2.13. The molecule has 0 radical (unpaired) electrons. The van der Waals surface area contributed by atoms with Crippen molar-refractivity contribution in [3.63, 3.8) is 0 Å². The summed E-state index contributed by atoms with van der Waals surface area (Å²) in [6.07, 6.45) is 5.87. The predicted octanol–water partition coefficient (Wildman–Crippen LogP) is 2.19. The number of unbranched alkanes of at least 4 members (excludes halogenated alkanes) is 1. The molecule has 2 aromatic rings. The van der Waals surface area contributed by atoms with Crippen LogP contribution in [0.3, 0.4) is 0 Å². The number of aldehydes is 1. The van der Waals surface area contributed by atoms with E-state index in [2.05, 4.69) is 4.98 Å². The Balaban J connectivity index is 2.16. The summed E-state index contributed by atoms with van der Waals surface area (Å²) in [5.41, 5.74) is 1.15. The zero-order valence-electron chi connectivity index (χ0n) is 10.8. The van der Waals surface area contributed by atoms with Crippen LogP contribution < -0.4 is 0 Å². The highest BCUT2D eigenvalue weighted by atomic mass is 16.5. The van der Waals surface area contributed by atoms with Gasteiger partial charge in [0, 0.05) is 23.3 Å². The lowest BCUT2D eigenvalue weighted by atomic mass is 10.2. The molecule has 0 spiro atoms. The third kappa shape index (κ3) is 2.99. The molecule has 2 aromatic heterocycles. The maximum Gasteiger partial charge on any atom is 0.326 e. The van der Waals surface area contributed by atoms with Gasteiger partial charge in [-0.05, 0) is 18.6 Å². The van der Waals surface area contributed by atoms with Crippen LogP contribution in [0.5, 0.6) is 0 Å². The minimum atomic E-state index is -0.312. The highest BCUT2D eigenvalue weighted by molar-refractivity contribution is 5.96. The molecular formula is C14H16N2O3. The molecule has 100 valence electrons. The van der Waals surface area contributed by atoms with Crippen LogP contribution in [0.25, 0.3) is 11.0 Å². The molecule has 0 N–H and O–H groups in total. The lowest BCUT2D eigenvalue weighted by molar-refractivity contribution is -0.144. The molecule has 19 heavy (non-hydrogen) atoms. The van der Waals surface area contributed by atoms with Crippen LogP contribution in [-0.4, -0.2) is 28.4 Å². The molecule has 5 heteroatoms. The van der Waals surface area contributed by atoms with E-state index in [-0.39, 0.29) is 12.5 Å². The molecule has 2 rings (SSSR count). The van der Waals surface area contributed by atoms with Gasteiger partial charge in [-0.1, -0.05) is 13.3 Å². The first-order valence-electron chi connectivity index (χ1n) is 6.31. The van der Waals surface area contributed by atoms with Crippen LogP contribution in [-0.2, 0) is 16.1 Å². The Morgan fingerprint density at radius 1 is 1.53 bits per heavy atom. The predicted molar refractivity (Wildman–Crippen MR) is 71.0 cm³/mol. The molecule has 0 bridgehead atoms. The molecule has 0 amide bonds. The summed E-state index contributed by atoms with van der Waals surface area (Å²) < 4.78 is 6.75. The quantitative estimate of drug-likeness (QED) is 0.454. The Kier molecular flexibility index (Phi) is 4.28. The first kappa shape index (κ1) is 13.3. The summed E-state index contributed by atoms with van der Waals surface area (Å²) in [6.45, 7) is 2.54. The third-order valence-corrected chi connectivity index (χ3v) is 2.85. The molecule has 0 fully saturated rings. The molecule has 0 saturated heterocycles. The van der Waals surface area contributed by atoms with Crippen molar-refractivity contribution >= 4 is 23.3 Å². The Bertz CT molecular complexity index is 589. The first-order chi connectivity index (χ1) is 9.26. The Morgan fingerprint density at radius 3 is 3.11 bits per heavy atom. The Labute approximate surface area is 111 Å². The van der Waals surface area contributed by atoms with Gasteiger partial charge >= 0.3 is 5.97 Å². The van der Waals surface area contributed by atoms with Crippen molar-refractivity contribution in [2.45, 2.75) is 26.3 Å². The summed E-state index contributed by atoms with van der Waals surface area (Å²) >= 11 is 0. The minimum absolute atomic E-state index is 0.0745. The van der Waals surface area contributed by atoms with Gasteiger partial charge in [-0.2, -0.15) is 0 Å². The van der Waals surface area contributed by atoms with Gasteiger partial charge in [0.1, 0.15) is 12.2 Å². The van der Waals surface area contributed by atoms with Crippen LogP contribution >= 0.6 is 0 Å². The summed E-state index contributed by atoms with van der Waals surface area (Å²) in [7, 11) is 0. The second-order valence-corrected chi connectivity index (χ2v) is 4.28. The molecule has 0 aliphatic rings. The van der Waals surface area contributed by atoms with Gasteiger partial charge in [-0.15, -0.1) is 0 Å². The monoisotopic (exact) mass is 260 g/mol. The number of pyridine rings is 1. The van der Waals surface area contributed by atoms with E-state index < -0.39 is 0 Å². The molecule has 0 unspecified atom stereocenters. The van der Waals surface area contributed by atoms with Gasteiger partial charge in [-0.3, -0.25) is 9.59 Å². The van der Waals surface area contributed by atoms with Crippen LogP contribution in [0.15, 0.2) is 24.5 Å². The van der Waals surface area contributed by atoms with E-state index >= 15 is 0 Å². The Hall–Kier alpha value is -2.17. The topological polar surface area (TPSA) is 61.2 Å². The number of esters is 1. The van der Waals surface area contributed by atoms with Crippen LogP contribution in [0.4, 0.5) is 0 Å². The molecule has 0 saturated carbocycles. The number of carbonyl (C=O) groups excluding carboxylic acids is 2. The fraction of sp³-hybridized carbons (Fsp3) is 0.357. The maximum atomic E-state index is 11.7. The maximum absolute atomic E-state index is 11.7. The van der Waals surface area contributed by atoms with Crippen molar-refractivity contribution in [1.29, 1.82) is 0 Å². The normalized spacial score (nSPS) is 10.6. The zero-order valence-corrected chi connectivity index (χ0v) is 10.8. The van der Waals surface area contributed by atoms with Crippen molar-refractivity contribution < 1.29 is 14.3 Å². The average molecular weight is 260 g/mol. The molecule has 0 atom stereocenters. The number of carbonyl (C=O) groups is 2. The average Bonchev–Trinajstić information content (AvgIpc) is 2.77. The largest absolute Gasteiger partial charge is 0.464 e. The number of hydrogen-bond acceptors (Lipinski definition) is 4. The van der Waals surface area contributed by atoms with Gasteiger partial charge in [0.2, 0.25) is 0 Å². The molecular weight excluding hydrogens is 244 g/mol. The van der Waals surface area contributed by atoms with Gasteiger partial charge in [0.05, 0.1) is 6.61 Å². The van der Waals surface area contributed by atoms with Gasteiger partial charge in [0.25, 0.3) is 0 Å². The second-order valence-electron chi connectivity index (χ2n) is 4.28. The van der Waals surface area contributed by atoms with E-state index in [1.807, 2.05) is 13.0 Å². The van der Waals surface area contributed by atoms with Gasteiger partial charge in [0.15, 0.2) is 6.29 Å². The number of aromatic nitrogens is 2. The standard InChI is InChI=1S/C14H16N2O3/c1-2-3-7-19-13(18)9-16-8-11(10-17)12-5-4-6-15-14(12)16/h4-6,8,10H,2-3,7,9H2,1H3. The molecule has 0 aliphatic heterocycles. The number of nitrogens with zero attached hydrogens (tertiary/aromatic N) is 2. The van der Waals surface area contributed by atoms with Crippen molar-refractivity contribution in [3.8, 4) is 0 Å². The molecule has 2 heterocycles. The molecule has 0 aromatic carbocycles. The first-order valence-corrected chi connectivity index (χ1v) is 6.31. The van der Waals surface area contributed by atoms with Crippen LogP contribution in [0, 0.1) is 0 Å². The molecule has 0 aliphatic carbocycles. The number of hydrogen-bond donors (Lipinski definition) is 0. The number of ether oxygens (including phenoxy) is 1. The lowest BCUT2D eigenvalue weighted by Gasteiger charge is -2.05. The number of fused-ring (bicyclic) bond motifs is 1. The summed E-state index contributed by atoms with van der Waals surface area (Å²) in [5.74, 6) is -0.312. The second kappa shape index (κ2) is 6.13. The Morgan fingerprint density at radius 2 is 2.37 bits per heavy atom. The summed E-state index contributed by atoms with van der Waals surface area (Å²) in [4.78, 5) is 26.8. The van der Waals surface area contributed by atoms with Gasteiger partial charge in [-0.25, -0.2) is 4.98 Å². The van der Waals surface area contributed by atoms with Crippen molar-refractivity contribution in [2.24, 2.45) is 0 Å². The van der Waals surface area contributed by atoms with E-state index in [9.17, 15) is 9.59 Å². The third-order valence-electron chi connectivity index (χ3n) is 2.85. The molecule has 5 nitrogen and oxygen atoms in total. The SMILES string of the molecule is CCCCOC(=O)Cn1cc(C=O)c2cccnc21. The van der Waals surface area contributed by atoms with E-state index in [1.165, 1.54) is 0 Å². The smallest absolute Gasteiger partial charge is 0.326 e. The summed E-state index contributed by atoms with van der Waals surface area (Å²) in [5, 5.41) is 0.749. The summed E-state index contributed by atoms with van der Waals surface area (Å²) in [6, 6.07) is 3.57. The fourth-order valence-electron chi connectivity index (χ4n) is 1.88. The van der Waals surface area contributed by atoms with Crippen molar-refractivity contribution in [3.05, 3.63) is 30.1 Å². The van der Waals surface area contributed by atoms with Crippen LogP contribution in [0.1, 0.15) is 30.1 Å². The van der Waals surface area contributed by atoms with Gasteiger partial charge < -0.3 is 9.30 Å². The van der Waals surface area contributed by atoms with Crippen molar-refractivity contribution in [1.82, 2.24) is 9.55 Å². The van der Waals surface area contributed by atoms with E-state index in [1.54, 1.807) is 23.0 Å². The van der Waals surface area contributed by atoms with Crippen molar-refractivity contribution in [2.75, 3.05) is 6.61 Å². The highest BCUT2D eigenvalue weighted by Gasteiger charge is 2.11.